The van der Waals surface area contributed by atoms with Crippen LogP contribution in [0.15, 0.2) is 36.4 Å². The van der Waals surface area contributed by atoms with Gasteiger partial charge in [0.2, 0.25) is 0 Å². The quantitative estimate of drug-likeness (QED) is 0.901. The van der Waals surface area contributed by atoms with Gasteiger partial charge in [0.05, 0.1) is 5.69 Å². The molecule has 2 aliphatic rings. The van der Waals surface area contributed by atoms with E-state index in [-0.39, 0.29) is 0 Å². The van der Waals surface area contributed by atoms with Crippen LogP contribution in [-0.4, -0.2) is 35.9 Å². The summed E-state index contributed by atoms with van der Waals surface area (Å²) >= 11 is 0. The molecule has 0 radical (unpaired) electrons. The van der Waals surface area contributed by atoms with E-state index in [1.807, 2.05) is 0 Å². The number of benzene rings is 1. The molecule has 4 heteroatoms. The Morgan fingerprint density at radius 3 is 2.70 bits per heavy atom. The van der Waals surface area contributed by atoms with E-state index >= 15 is 0 Å². The van der Waals surface area contributed by atoms with Crippen molar-refractivity contribution in [3.8, 4) is 11.3 Å². The molecule has 2 saturated heterocycles. The first kappa shape index (κ1) is 11.9. The van der Waals surface area contributed by atoms with E-state index in [1.54, 1.807) is 0 Å². The molecule has 0 amide bonds. The van der Waals surface area contributed by atoms with Gasteiger partial charge in [0, 0.05) is 37.2 Å². The fourth-order valence-corrected chi connectivity index (χ4v) is 3.09. The summed E-state index contributed by atoms with van der Waals surface area (Å²) in [6.45, 7) is 5.41. The van der Waals surface area contributed by atoms with Gasteiger partial charge in [-0.05, 0) is 25.1 Å². The number of anilines is 1. The molecule has 2 atom stereocenters. The Bertz CT molecular complexity index is 611. The van der Waals surface area contributed by atoms with Crippen molar-refractivity contribution in [1.82, 2.24) is 15.5 Å². The number of hydrogen-bond donors (Lipinski definition) is 1. The van der Waals surface area contributed by atoms with Crippen molar-refractivity contribution < 1.29 is 0 Å². The molecule has 4 rings (SSSR count). The Morgan fingerprint density at radius 2 is 2.10 bits per heavy atom. The van der Waals surface area contributed by atoms with Crippen LogP contribution in [0.4, 0.5) is 5.82 Å². The highest BCUT2D eigenvalue weighted by atomic mass is 15.3. The average Bonchev–Trinajstić information content (AvgIpc) is 2.75. The third-order valence-corrected chi connectivity index (χ3v) is 4.37. The average molecular weight is 266 g/mol. The van der Waals surface area contributed by atoms with E-state index in [9.17, 15) is 0 Å². The summed E-state index contributed by atoms with van der Waals surface area (Å²) in [4.78, 5) is 2.34. The van der Waals surface area contributed by atoms with E-state index in [4.69, 9.17) is 0 Å². The standard InChI is InChI=1S/C16H18N4/c1-11-3-2-4-12(7-11)14-5-6-16(19-18-14)20-9-13-8-17-15(13)10-20/h2-7,13,15,17H,8-10H2,1H3/t13-,15+/m1/s1. The molecular formula is C16H18N4. The highest BCUT2D eigenvalue weighted by Crippen LogP contribution is 2.27. The van der Waals surface area contributed by atoms with Crippen LogP contribution < -0.4 is 10.2 Å². The molecule has 0 bridgehead atoms. The van der Waals surface area contributed by atoms with Crippen molar-refractivity contribution in [2.45, 2.75) is 13.0 Å². The van der Waals surface area contributed by atoms with Crippen molar-refractivity contribution in [1.29, 1.82) is 0 Å². The van der Waals surface area contributed by atoms with E-state index in [0.29, 0.717) is 6.04 Å². The van der Waals surface area contributed by atoms with Crippen molar-refractivity contribution in [3.63, 3.8) is 0 Å². The SMILES string of the molecule is Cc1cccc(-c2ccc(N3C[C@H]4CN[C@H]4C3)nn2)c1. The van der Waals surface area contributed by atoms with Crippen molar-refractivity contribution in [2.24, 2.45) is 5.92 Å². The highest BCUT2D eigenvalue weighted by Gasteiger charge is 2.39. The molecule has 4 nitrogen and oxygen atoms in total. The zero-order chi connectivity index (χ0) is 13.5. The second kappa shape index (κ2) is 4.56. The van der Waals surface area contributed by atoms with E-state index in [2.05, 4.69) is 63.7 Å². The predicted molar refractivity (Wildman–Crippen MR) is 79.7 cm³/mol. The summed E-state index contributed by atoms with van der Waals surface area (Å²) in [5, 5.41) is 12.3. The largest absolute Gasteiger partial charge is 0.353 e. The van der Waals surface area contributed by atoms with Crippen LogP contribution >= 0.6 is 0 Å². The van der Waals surface area contributed by atoms with Gasteiger partial charge in [-0.2, -0.15) is 0 Å². The molecule has 0 aliphatic carbocycles. The lowest BCUT2D eigenvalue weighted by Gasteiger charge is -2.29. The second-order valence-electron chi connectivity index (χ2n) is 5.83. The van der Waals surface area contributed by atoms with Gasteiger partial charge >= 0.3 is 0 Å². The van der Waals surface area contributed by atoms with Crippen LogP contribution in [0.5, 0.6) is 0 Å². The second-order valence-corrected chi connectivity index (χ2v) is 5.83. The number of nitrogens with zero attached hydrogens (tertiary/aromatic N) is 3. The van der Waals surface area contributed by atoms with Gasteiger partial charge in [-0.15, -0.1) is 10.2 Å². The summed E-state index contributed by atoms with van der Waals surface area (Å²) < 4.78 is 0. The van der Waals surface area contributed by atoms with Gasteiger partial charge in [-0.25, -0.2) is 0 Å². The first-order valence-corrected chi connectivity index (χ1v) is 7.19. The van der Waals surface area contributed by atoms with E-state index in [1.165, 1.54) is 5.56 Å². The third kappa shape index (κ3) is 1.96. The normalized spacial score (nSPS) is 24.4. The molecular weight excluding hydrogens is 248 g/mol. The van der Waals surface area contributed by atoms with Gasteiger partial charge in [0.15, 0.2) is 5.82 Å². The van der Waals surface area contributed by atoms with Gasteiger partial charge in [-0.3, -0.25) is 0 Å². The maximum absolute atomic E-state index is 4.41. The highest BCUT2D eigenvalue weighted by molar-refractivity contribution is 5.60. The molecule has 0 saturated carbocycles. The summed E-state index contributed by atoms with van der Waals surface area (Å²) in [6.07, 6.45) is 0. The van der Waals surface area contributed by atoms with Crippen LogP contribution in [0.1, 0.15) is 5.56 Å². The van der Waals surface area contributed by atoms with Crippen LogP contribution in [0.25, 0.3) is 11.3 Å². The number of nitrogens with one attached hydrogen (secondary N) is 1. The number of rotatable bonds is 2. The number of aromatic nitrogens is 2. The minimum Gasteiger partial charge on any atom is -0.353 e. The number of aryl methyl sites for hydroxylation is 1. The zero-order valence-corrected chi connectivity index (χ0v) is 11.6. The number of hydrogen-bond acceptors (Lipinski definition) is 4. The smallest absolute Gasteiger partial charge is 0.151 e. The van der Waals surface area contributed by atoms with Gasteiger partial charge in [0.25, 0.3) is 0 Å². The summed E-state index contributed by atoms with van der Waals surface area (Å²) in [5.74, 6) is 1.80. The van der Waals surface area contributed by atoms with E-state index in [0.717, 1.165) is 42.6 Å². The summed E-state index contributed by atoms with van der Waals surface area (Å²) in [5.41, 5.74) is 3.32. The van der Waals surface area contributed by atoms with Gasteiger partial charge < -0.3 is 10.2 Å². The monoisotopic (exact) mass is 266 g/mol. The van der Waals surface area contributed by atoms with Crippen LogP contribution in [0.2, 0.25) is 0 Å². The lowest BCUT2D eigenvalue weighted by atomic mass is 9.96. The fraction of sp³-hybridized carbons (Fsp3) is 0.375. The van der Waals surface area contributed by atoms with Crippen molar-refractivity contribution in [3.05, 3.63) is 42.0 Å². The summed E-state index contributed by atoms with van der Waals surface area (Å²) in [7, 11) is 0. The van der Waals surface area contributed by atoms with Crippen LogP contribution in [-0.2, 0) is 0 Å². The molecule has 1 N–H and O–H groups in total. The molecule has 102 valence electrons. The van der Waals surface area contributed by atoms with Crippen LogP contribution in [0.3, 0.4) is 0 Å². The Kier molecular flexibility index (Phi) is 2.70. The molecule has 3 heterocycles. The van der Waals surface area contributed by atoms with Crippen molar-refractivity contribution >= 4 is 5.82 Å². The maximum atomic E-state index is 4.41. The topological polar surface area (TPSA) is 41.0 Å². The molecule has 2 aromatic rings. The molecule has 1 aromatic carbocycles. The minimum absolute atomic E-state index is 0.660. The zero-order valence-electron chi connectivity index (χ0n) is 11.6. The summed E-state index contributed by atoms with van der Waals surface area (Å²) in [6, 6.07) is 13.2. The molecule has 2 aliphatic heterocycles. The Hall–Kier alpha value is -1.94. The van der Waals surface area contributed by atoms with E-state index < -0.39 is 0 Å². The molecule has 2 fully saturated rings. The lowest BCUT2D eigenvalue weighted by Crippen LogP contribution is -2.51. The molecule has 20 heavy (non-hydrogen) atoms. The van der Waals surface area contributed by atoms with Crippen molar-refractivity contribution in [2.75, 3.05) is 24.5 Å². The minimum atomic E-state index is 0.660. The lowest BCUT2D eigenvalue weighted by molar-refractivity contribution is 0.297. The van der Waals surface area contributed by atoms with Gasteiger partial charge in [0.1, 0.15) is 0 Å². The Labute approximate surface area is 118 Å². The molecule has 1 aromatic heterocycles. The number of fused-ring (bicyclic) bond motifs is 1. The Morgan fingerprint density at radius 1 is 1.15 bits per heavy atom. The predicted octanol–water partition coefficient (Wildman–Crippen LogP) is 1.86. The molecule has 0 unspecified atom stereocenters. The molecule has 0 spiro atoms. The fourth-order valence-electron chi connectivity index (χ4n) is 3.09. The first-order valence-electron chi connectivity index (χ1n) is 7.19. The third-order valence-electron chi connectivity index (χ3n) is 4.37. The first-order chi connectivity index (χ1) is 9.79. The Balaban J connectivity index is 1.57. The van der Waals surface area contributed by atoms with Gasteiger partial charge in [-0.1, -0.05) is 23.8 Å². The van der Waals surface area contributed by atoms with Crippen LogP contribution in [0, 0.1) is 12.8 Å². The maximum Gasteiger partial charge on any atom is 0.151 e.